The number of ketones is 1. The van der Waals surface area contributed by atoms with E-state index in [-0.39, 0.29) is 17.6 Å². The molecule has 1 aliphatic heterocycles. The van der Waals surface area contributed by atoms with Crippen LogP contribution in [0.2, 0.25) is 0 Å². The molecule has 0 unspecified atom stereocenters. The lowest BCUT2D eigenvalue weighted by Gasteiger charge is -2.28. The molecule has 1 atom stereocenters. The van der Waals surface area contributed by atoms with Gasteiger partial charge in [-0.3, -0.25) is 9.80 Å². The zero-order valence-electron chi connectivity index (χ0n) is 13.9. The first kappa shape index (κ1) is 15.6. The van der Waals surface area contributed by atoms with Gasteiger partial charge in [0.2, 0.25) is 0 Å². The highest BCUT2D eigenvalue weighted by molar-refractivity contribution is 6.02. The summed E-state index contributed by atoms with van der Waals surface area (Å²) in [6, 6.07) is 17.4. The van der Waals surface area contributed by atoms with Crippen LogP contribution in [0.15, 0.2) is 71.5 Å². The van der Waals surface area contributed by atoms with E-state index in [1.165, 1.54) is 0 Å². The third-order valence-electron chi connectivity index (χ3n) is 4.79. The van der Waals surface area contributed by atoms with Gasteiger partial charge in [-0.1, -0.05) is 48.5 Å². The quantitative estimate of drug-likeness (QED) is 0.917. The van der Waals surface area contributed by atoms with Gasteiger partial charge >= 0.3 is 0 Å². The van der Waals surface area contributed by atoms with E-state index in [9.17, 15) is 9.90 Å². The second-order valence-corrected chi connectivity index (χ2v) is 6.49. The summed E-state index contributed by atoms with van der Waals surface area (Å²) in [7, 11) is 0. The van der Waals surface area contributed by atoms with Gasteiger partial charge in [-0.25, -0.2) is 0 Å². The fraction of sp³-hybridized carbons (Fsp3) is 0.238. The summed E-state index contributed by atoms with van der Waals surface area (Å²) in [5.74, 6) is 0.422. The number of aromatic hydroxyl groups is 1. The van der Waals surface area contributed by atoms with E-state index in [1.54, 1.807) is 12.1 Å². The molecule has 0 aromatic heterocycles. The smallest absolute Gasteiger partial charge is 0.157 e. The second-order valence-electron chi connectivity index (χ2n) is 6.49. The molecule has 0 spiro atoms. The van der Waals surface area contributed by atoms with Gasteiger partial charge in [-0.2, -0.15) is 5.10 Å². The number of benzene rings is 2. The Bertz CT molecular complexity index is 855. The average molecular weight is 332 g/mol. The molecule has 0 saturated carbocycles. The Morgan fingerprint density at radius 1 is 1.00 bits per heavy atom. The van der Waals surface area contributed by atoms with Gasteiger partial charge in [0, 0.05) is 30.2 Å². The standard InChI is InChI=1S/C21H20N2O2/c24-17-10-6-9-16(13-17)23-20(18-11-4-5-12-21(18)25)14-19(22-23)15-7-2-1-3-8-15/h1-5,7-8,11-13,20,25H,6,9-10,14H2/t20-/m1/s1. The highest BCUT2D eigenvalue weighted by atomic mass is 16.3. The van der Waals surface area contributed by atoms with E-state index in [0.29, 0.717) is 12.8 Å². The van der Waals surface area contributed by atoms with Crippen LogP contribution in [-0.2, 0) is 4.79 Å². The molecule has 4 rings (SSSR count). The van der Waals surface area contributed by atoms with Crippen molar-refractivity contribution in [1.29, 1.82) is 0 Å². The first-order valence-electron chi connectivity index (χ1n) is 8.66. The van der Waals surface area contributed by atoms with Crippen LogP contribution in [0.4, 0.5) is 0 Å². The number of carbonyl (C=O) groups excluding carboxylic acids is 1. The van der Waals surface area contributed by atoms with Crippen molar-refractivity contribution in [2.24, 2.45) is 5.10 Å². The molecular weight excluding hydrogens is 312 g/mol. The van der Waals surface area contributed by atoms with Crippen LogP contribution in [0.3, 0.4) is 0 Å². The predicted octanol–water partition coefficient (Wildman–Crippen LogP) is 4.18. The van der Waals surface area contributed by atoms with E-state index in [1.807, 2.05) is 53.5 Å². The van der Waals surface area contributed by atoms with Crippen LogP contribution in [0.25, 0.3) is 0 Å². The fourth-order valence-electron chi connectivity index (χ4n) is 3.55. The summed E-state index contributed by atoms with van der Waals surface area (Å²) in [6.07, 6.45) is 4.71. The largest absolute Gasteiger partial charge is 0.508 e. The third-order valence-corrected chi connectivity index (χ3v) is 4.79. The van der Waals surface area contributed by atoms with E-state index in [0.717, 1.165) is 35.4 Å². The zero-order valence-corrected chi connectivity index (χ0v) is 13.9. The molecule has 1 N–H and O–H groups in total. The number of hydrogen-bond acceptors (Lipinski definition) is 4. The lowest BCUT2D eigenvalue weighted by atomic mass is 9.96. The summed E-state index contributed by atoms with van der Waals surface area (Å²) < 4.78 is 0. The molecule has 25 heavy (non-hydrogen) atoms. The monoisotopic (exact) mass is 332 g/mol. The van der Waals surface area contributed by atoms with Crippen LogP contribution < -0.4 is 0 Å². The molecular formula is C21H20N2O2. The van der Waals surface area contributed by atoms with Crippen LogP contribution in [0, 0.1) is 0 Å². The van der Waals surface area contributed by atoms with E-state index in [2.05, 4.69) is 0 Å². The van der Waals surface area contributed by atoms with Crippen molar-refractivity contribution in [3.63, 3.8) is 0 Å². The van der Waals surface area contributed by atoms with E-state index < -0.39 is 0 Å². The average Bonchev–Trinajstić information content (AvgIpc) is 3.08. The SMILES string of the molecule is O=C1C=C(N2N=C(c3ccccc3)C[C@@H]2c2ccccc2O)CCC1. The molecule has 0 amide bonds. The van der Waals surface area contributed by atoms with E-state index >= 15 is 0 Å². The number of rotatable bonds is 3. The second kappa shape index (κ2) is 6.55. The maximum atomic E-state index is 11.9. The highest BCUT2D eigenvalue weighted by Gasteiger charge is 2.33. The number of carbonyl (C=O) groups is 1. The van der Waals surface area contributed by atoms with Crippen LogP contribution in [-0.4, -0.2) is 21.6 Å². The summed E-state index contributed by atoms with van der Waals surface area (Å²) >= 11 is 0. The first-order chi connectivity index (χ1) is 12.2. The maximum absolute atomic E-state index is 11.9. The molecule has 2 aromatic carbocycles. The first-order valence-corrected chi connectivity index (χ1v) is 8.66. The summed E-state index contributed by atoms with van der Waals surface area (Å²) in [5.41, 5.74) is 3.84. The number of phenolic OH excluding ortho intramolecular Hbond substituents is 1. The van der Waals surface area contributed by atoms with Crippen LogP contribution in [0.1, 0.15) is 42.9 Å². The van der Waals surface area contributed by atoms with Crippen LogP contribution >= 0.6 is 0 Å². The molecule has 126 valence electrons. The van der Waals surface area contributed by atoms with Crippen molar-refractivity contribution in [2.75, 3.05) is 0 Å². The molecule has 2 aliphatic rings. The lowest BCUT2D eigenvalue weighted by molar-refractivity contribution is -0.115. The Balaban J connectivity index is 1.75. The van der Waals surface area contributed by atoms with Gasteiger partial charge < -0.3 is 5.11 Å². The van der Waals surface area contributed by atoms with Crippen molar-refractivity contribution < 1.29 is 9.90 Å². The summed E-state index contributed by atoms with van der Waals surface area (Å²) in [5, 5.41) is 17.1. The number of phenols is 1. The number of allylic oxidation sites excluding steroid dienone is 2. The van der Waals surface area contributed by atoms with Crippen LogP contribution in [0.5, 0.6) is 5.75 Å². The minimum Gasteiger partial charge on any atom is -0.508 e. The van der Waals surface area contributed by atoms with Gasteiger partial charge in [0.1, 0.15) is 5.75 Å². The van der Waals surface area contributed by atoms with Crippen molar-refractivity contribution in [3.8, 4) is 5.75 Å². The van der Waals surface area contributed by atoms with Gasteiger partial charge in [-0.15, -0.1) is 0 Å². The Morgan fingerprint density at radius 3 is 2.52 bits per heavy atom. The Labute approximate surface area is 147 Å². The van der Waals surface area contributed by atoms with E-state index in [4.69, 9.17) is 5.10 Å². The molecule has 1 heterocycles. The Hall–Kier alpha value is -2.88. The fourth-order valence-corrected chi connectivity index (χ4v) is 3.55. The van der Waals surface area contributed by atoms with Crippen molar-refractivity contribution >= 4 is 11.5 Å². The Kier molecular flexibility index (Phi) is 4.10. The van der Waals surface area contributed by atoms with Crippen molar-refractivity contribution in [1.82, 2.24) is 5.01 Å². The Morgan fingerprint density at radius 2 is 1.76 bits per heavy atom. The topological polar surface area (TPSA) is 52.9 Å². The van der Waals surface area contributed by atoms with Crippen molar-refractivity contribution in [3.05, 3.63) is 77.5 Å². The number of hydrazone groups is 1. The molecule has 0 bridgehead atoms. The molecule has 0 saturated heterocycles. The van der Waals surface area contributed by atoms with Gasteiger partial charge in [-0.05, 0) is 24.5 Å². The molecule has 0 fully saturated rings. The molecule has 4 nitrogen and oxygen atoms in total. The summed E-state index contributed by atoms with van der Waals surface area (Å²) in [6.45, 7) is 0. The van der Waals surface area contributed by atoms with Gasteiger partial charge in [0.25, 0.3) is 0 Å². The number of hydrogen-bond donors (Lipinski definition) is 1. The zero-order chi connectivity index (χ0) is 17.2. The number of nitrogens with zero attached hydrogens (tertiary/aromatic N) is 2. The summed E-state index contributed by atoms with van der Waals surface area (Å²) in [4.78, 5) is 11.9. The maximum Gasteiger partial charge on any atom is 0.157 e. The normalized spacial score (nSPS) is 20.4. The molecule has 1 aliphatic carbocycles. The minimum atomic E-state index is -0.0893. The highest BCUT2D eigenvalue weighted by Crippen LogP contribution is 2.40. The molecule has 2 aromatic rings. The minimum absolute atomic E-state index is 0.0893. The number of para-hydroxylation sites is 1. The third kappa shape index (κ3) is 3.07. The van der Waals surface area contributed by atoms with Crippen molar-refractivity contribution in [2.45, 2.75) is 31.7 Å². The lowest BCUT2D eigenvalue weighted by Crippen LogP contribution is -2.22. The molecule has 4 heteroatoms. The van der Waals surface area contributed by atoms with Gasteiger partial charge in [0.05, 0.1) is 11.8 Å². The molecule has 0 radical (unpaired) electrons. The van der Waals surface area contributed by atoms with Gasteiger partial charge in [0.15, 0.2) is 5.78 Å². The predicted molar refractivity (Wildman–Crippen MR) is 97.2 cm³/mol.